The summed E-state index contributed by atoms with van der Waals surface area (Å²) in [5, 5.41) is 2.84. The van der Waals surface area contributed by atoms with Gasteiger partial charge in [-0.05, 0) is 36.2 Å². The van der Waals surface area contributed by atoms with Crippen molar-refractivity contribution in [1.29, 1.82) is 0 Å². The van der Waals surface area contributed by atoms with Crippen molar-refractivity contribution >= 4 is 35.0 Å². The van der Waals surface area contributed by atoms with E-state index in [1.54, 1.807) is 4.90 Å². The molecule has 1 saturated heterocycles. The minimum absolute atomic E-state index is 0.119. The monoisotopic (exact) mass is 551 g/mol. The Balaban J connectivity index is 1.59. The molecule has 0 spiro atoms. The van der Waals surface area contributed by atoms with Crippen LogP contribution in [0.1, 0.15) is 44.2 Å². The number of likely N-dealkylation sites (tertiary alicyclic amines) is 1. The molecular formula is C26H22Cl2F3N3O3. The molecule has 0 unspecified atom stereocenters. The Hall–Kier alpha value is -3.30. The van der Waals surface area contributed by atoms with Crippen molar-refractivity contribution < 1.29 is 27.5 Å². The van der Waals surface area contributed by atoms with E-state index in [-0.39, 0.29) is 46.4 Å². The number of pyridine rings is 1. The van der Waals surface area contributed by atoms with Crippen LogP contribution in [0.5, 0.6) is 5.88 Å². The standard InChI is InChI=1S/C26H22Cl2F3N3O3/c1-37-24-21(28)11-16(13-32-24)25(36)34-10-9-22(19(14-34)15-5-3-2-4-6-15)33-23(35)18-8-7-17(27)12-20(18)26(29,30)31/h2-8,11-13,19,22H,9-10,14H2,1H3,(H,33,35)/t19-,22-/m1/s1. The number of nitrogens with zero attached hydrogens (tertiary/aromatic N) is 2. The largest absolute Gasteiger partial charge is 0.480 e. The molecule has 11 heteroatoms. The van der Waals surface area contributed by atoms with Crippen LogP contribution in [-0.4, -0.2) is 47.9 Å². The van der Waals surface area contributed by atoms with Crippen LogP contribution < -0.4 is 10.1 Å². The van der Waals surface area contributed by atoms with E-state index in [2.05, 4.69) is 10.3 Å². The second kappa shape index (κ2) is 11.0. The van der Waals surface area contributed by atoms with E-state index in [1.165, 1.54) is 25.4 Å². The smallest absolute Gasteiger partial charge is 0.417 e. The van der Waals surface area contributed by atoms with Crippen LogP contribution in [0.3, 0.4) is 0 Å². The van der Waals surface area contributed by atoms with E-state index in [4.69, 9.17) is 27.9 Å². The molecule has 1 aromatic heterocycles. The molecule has 2 heterocycles. The third-order valence-corrected chi connectivity index (χ3v) is 6.73. The highest BCUT2D eigenvalue weighted by molar-refractivity contribution is 6.32. The van der Waals surface area contributed by atoms with Gasteiger partial charge in [-0.25, -0.2) is 4.98 Å². The number of rotatable bonds is 5. The van der Waals surface area contributed by atoms with Crippen LogP contribution in [-0.2, 0) is 6.18 Å². The molecule has 37 heavy (non-hydrogen) atoms. The molecule has 2 amide bonds. The number of halogens is 5. The predicted octanol–water partition coefficient (Wildman–Crippen LogP) is 5.84. The first-order chi connectivity index (χ1) is 17.6. The summed E-state index contributed by atoms with van der Waals surface area (Å²) in [7, 11) is 1.42. The van der Waals surface area contributed by atoms with Crippen LogP contribution in [0.2, 0.25) is 10.0 Å². The third-order valence-electron chi connectivity index (χ3n) is 6.22. The molecule has 2 atom stereocenters. The van der Waals surface area contributed by atoms with E-state index < -0.39 is 29.3 Å². The van der Waals surface area contributed by atoms with Crippen LogP contribution in [0.25, 0.3) is 0 Å². The van der Waals surface area contributed by atoms with Gasteiger partial charge in [0.15, 0.2) is 0 Å². The van der Waals surface area contributed by atoms with Crippen molar-refractivity contribution in [3.63, 3.8) is 0 Å². The van der Waals surface area contributed by atoms with Crippen LogP contribution >= 0.6 is 23.2 Å². The van der Waals surface area contributed by atoms with Gasteiger partial charge in [0.1, 0.15) is 5.02 Å². The number of hydrogen-bond donors (Lipinski definition) is 1. The van der Waals surface area contributed by atoms with Gasteiger partial charge in [0.25, 0.3) is 11.8 Å². The highest BCUT2D eigenvalue weighted by Gasteiger charge is 2.38. The number of carbonyl (C=O) groups excluding carboxylic acids is 2. The fraction of sp³-hybridized carbons (Fsp3) is 0.269. The number of alkyl halides is 3. The van der Waals surface area contributed by atoms with Gasteiger partial charge >= 0.3 is 6.18 Å². The molecule has 1 fully saturated rings. The Labute approximate surface area is 221 Å². The Kier molecular flexibility index (Phi) is 7.94. The van der Waals surface area contributed by atoms with Crippen molar-refractivity contribution in [2.24, 2.45) is 0 Å². The zero-order valence-electron chi connectivity index (χ0n) is 19.6. The van der Waals surface area contributed by atoms with Crippen LogP contribution in [0, 0.1) is 0 Å². The van der Waals surface area contributed by atoms with Gasteiger partial charge in [-0.3, -0.25) is 9.59 Å². The van der Waals surface area contributed by atoms with E-state index in [0.717, 1.165) is 17.7 Å². The lowest BCUT2D eigenvalue weighted by Crippen LogP contribution is -2.51. The maximum absolute atomic E-state index is 13.6. The van der Waals surface area contributed by atoms with Crippen molar-refractivity contribution in [2.75, 3.05) is 20.2 Å². The van der Waals surface area contributed by atoms with E-state index in [0.29, 0.717) is 6.42 Å². The highest BCUT2D eigenvalue weighted by atomic mass is 35.5. The SMILES string of the molecule is COc1ncc(C(=O)N2CC[C@@H](NC(=O)c3ccc(Cl)cc3C(F)(F)F)[C@@H](c3ccccc3)C2)cc1Cl. The Morgan fingerprint density at radius 3 is 2.49 bits per heavy atom. The average Bonchev–Trinajstić information content (AvgIpc) is 2.88. The molecule has 1 N–H and O–H groups in total. The summed E-state index contributed by atoms with van der Waals surface area (Å²) in [6.07, 6.45) is -3.05. The second-order valence-electron chi connectivity index (χ2n) is 8.54. The Morgan fingerprint density at radius 1 is 1.11 bits per heavy atom. The first-order valence-corrected chi connectivity index (χ1v) is 12.1. The van der Waals surface area contributed by atoms with Gasteiger partial charge in [0, 0.05) is 36.3 Å². The fourth-order valence-electron chi connectivity index (χ4n) is 4.42. The topological polar surface area (TPSA) is 71.5 Å². The molecule has 3 aromatic rings. The molecule has 0 aliphatic carbocycles. The minimum Gasteiger partial charge on any atom is -0.480 e. The maximum atomic E-state index is 13.6. The zero-order valence-corrected chi connectivity index (χ0v) is 21.1. The van der Waals surface area contributed by atoms with E-state index in [9.17, 15) is 22.8 Å². The molecule has 6 nitrogen and oxygen atoms in total. The number of hydrogen-bond acceptors (Lipinski definition) is 4. The first kappa shape index (κ1) is 26.8. The van der Waals surface area contributed by atoms with Crippen LogP contribution in [0.15, 0.2) is 60.8 Å². The lowest BCUT2D eigenvalue weighted by Gasteiger charge is -2.39. The van der Waals surface area contributed by atoms with Crippen molar-refractivity contribution in [1.82, 2.24) is 15.2 Å². The van der Waals surface area contributed by atoms with E-state index >= 15 is 0 Å². The number of piperidine rings is 1. The minimum atomic E-state index is -4.75. The summed E-state index contributed by atoms with van der Waals surface area (Å²) in [6, 6.07) is 13.2. The number of aromatic nitrogens is 1. The van der Waals surface area contributed by atoms with Crippen molar-refractivity contribution in [2.45, 2.75) is 24.6 Å². The Morgan fingerprint density at radius 2 is 1.84 bits per heavy atom. The summed E-state index contributed by atoms with van der Waals surface area (Å²) < 4.78 is 45.8. The number of ether oxygens (including phenoxy) is 1. The summed E-state index contributed by atoms with van der Waals surface area (Å²) in [5.74, 6) is -1.34. The summed E-state index contributed by atoms with van der Waals surface area (Å²) >= 11 is 11.9. The molecule has 0 bridgehead atoms. The quantitative estimate of drug-likeness (QED) is 0.432. The molecule has 0 radical (unpaired) electrons. The molecule has 0 saturated carbocycles. The van der Waals surface area contributed by atoms with Crippen molar-refractivity contribution in [3.8, 4) is 5.88 Å². The molecular weight excluding hydrogens is 530 g/mol. The highest BCUT2D eigenvalue weighted by Crippen LogP contribution is 2.35. The fourth-order valence-corrected chi connectivity index (χ4v) is 4.83. The Bertz CT molecular complexity index is 1310. The van der Waals surface area contributed by atoms with Gasteiger partial charge in [0.05, 0.1) is 23.8 Å². The van der Waals surface area contributed by atoms with Gasteiger partial charge in [-0.1, -0.05) is 53.5 Å². The van der Waals surface area contributed by atoms with Crippen LogP contribution in [0.4, 0.5) is 13.2 Å². The summed E-state index contributed by atoms with van der Waals surface area (Å²) in [5.41, 5.74) is -0.508. The average molecular weight is 552 g/mol. The number of methoxy groups -OCH3 is 1. The summed E-state index contributed by atoms with van der Waals surface area (Å²) in [4.78, 5) is 31.9. The number of carbonyl (C=O) groups is 2. The molecule has 1 aliphatic rings. The molecule has 194 valence electrons. The normalized spacial score (nSPS) is 17.8. The van der Waals surface area contributed by atoms with Gasteiger partial charge in [-0.2, -0.15) is 13.2 Å². The zero-order chi connectivity index (χ0) is 26.7. The van der Waals surface area contributed by atoms with Crippen molar-refractivity contribution in [3.05, 3.63) is 93.1 Å². The first-order valence-electron chi connectivity index (χ1n) is 11.3. The van der Waals surface area contributed by atoms with Gasteiger partial charge in [-0.15, -0.1) is 0 Å². The lowest BCUT2D eigenvalue weighted by molar-refractivity contribution is -0.137. The number of nitrogens with one attached hydrogen (secondary N) is 1. The number of amides is 2. The van der Waals surface area contributed by atoms with Gasteiger partial charge in [0.2, 0.25) is 5.88 Å². The predicted molar refractivity (Wildman–Crippen MR) is 133 cm³/mol. The van der Waals surface area contributed by atoms with Gasteiger partial charge < -0.3 is 15.0 Å². The third kappa shape index (κ3) is 5.99. The number of benzene rings is 2. The molecule has 2 aromatic carbocycles. The lowest BCUT2D eigenvalue weighted by atomic mass is 9.85. The molecule has 1 aliphatic heterocycles. The maximum Gasteiger partial charge on any atom is 0.417 e. The summed E-state index contributed by atoms with van der Waals surface area (Å²) in [6.45, 7) is 0.494. The van der Waals surface area contributed by atoms with E-state index in [1.807, 2.05) is 30.3 Å². The molecule has 4 rings (SSSR count). The second-order valence-corrected chi connectivity index (χ2v) is 9.38.